The third kappa shape index (κ3) is 4.20. The van der Waals surface area contributed by atoms with E-state index in [9.17, 15) is 0 Å². The molecule has 0 radical (unpaired) electrons. The van der Waals surface area contributed by atoms with Crippen molar-refractivity contribution in [3.05, 3.63) is 15.6 Å². The lowest BCUT2D eigenvalue weighted by molar-refractivity contribution is 0.413. The molecule has 4 heteroatoms. The standard InChI is InChI=1S/C12H23N3S/c1-5-6-10-11(9-13-2)16-12(14-10)7-8-15(3)4/h13H,5-9H2,1-4H3. The van der Waals surface area contributed by atoms with Crippen LogP contribution in [0.2, 0.25) is 0 Å². The molecule has 3 nitrogen and oxygen atoms in total. The van der Waals surface area contributed by atoms with E-state index in [0.717, 1.165) is 25.9 Å². The summed E-state index contributed by atoms with van der Waals surface area (Å²) < 4.78 is 0. The van der Waals surface area contributed by atoms with Crippen molar-refractivity contribution in [1.29, 1.82) is 0 Å². The smallest absolute Gasteiger partial charge is 0.0944 e. The SMILES string of the molecule is CCCc1nc(CCN(C)C)sc1CNC. The van der Waals surface area contributed by atoms with Gasteiger partial charge in [0.1, 0.15) is 0 Å². The minimum Gasteiger partial charge on any atom is -0.315 e. The molecule has 1 N–H and O–H groups in total. The van der Waals surface area contributed by atoms with E-state index in [-0.39, 0.29) is 0 Å². The number of hydrogen-bond donors (Lipinski definition) is 1. The number of likely N-dealkylation sites (N-methyl/N-ethyl adjacent to an activating group) is 1. The molecule has 0 atom stereocenters. The minimum atomic E-state index is 0.953. The van der Waals surface area contributed by atoms with Crippen LogP contribution in [0.5, 0.6) is 0 Å². The zero-order chi connectivity index (χ0) is 12.0. The Bertz CT molecular complexity index is 284. The van der Waals surface area contributed by atoms with E-state index in [1.54, 1.807) is 0 Å². The molecular formula is C12H23N3S. The summed E-state index contributed by atoms with van der Waals surface area (Å²) in [4.78, 5) is 8.36. The van der Waals surface area contributed by atoms with Crippen LogP contribution in [-0.2, 0) is 19.4 Å². The quantitative estimate of drug-likeness (QED) is 0.790. The van der Waals surface area contributed by atoms with Gasteiger partial charge < -0.3 is 10.2 Å². The summed E-state index contributed by atoms with van der Waals surface area (Å²) in [5.41, 5.74) is 1.30. The first-order chi connectivity index (χ1) is 7.67. The maximum atomic E-state index is 4.74. The van der Waals surface area contributed by atoms with Gasteiger partial charge in [-0.2, -0.15) is 0 Å². The summed E-state index contributed by atoms with van der Waals surface area (Å²) in [7, 11) is 6.21. The summed E-state index contributed by atoms with van der Waals surface area (Å²) in [6.07, 6.45) is 3.35. The normalized spacial score (nSPS) is 11.3. The molecule has 1 rings (SSSR count). The molecule has 0 saturated heterocycles. The second-order valence-electron chi connectivity index (χ2n) is 4.31. The lowest BCUT2D eigenvalue weighted by Crippen LogP contribution is -2.14. The van der Waals surface area contributed by atoms with Crippen molar-refractivity contribution in [1.82, 2.24) is 15.2 Å². The van der Waals surface area contributed by atoms with E-state index in [0.29, 0.717) is 0 Å². The van der Waals surface area contributed by atoms with Gasteiger partial charge in [0, 0.05) is 24.4 Å². The van der Waals surface area contributed by atoms with E-state index >= 15 is 0 Å². The van der Waals surface area contributed by atoms with Crippen LogP contribution < -0.4 is 5.32 Å². The molecule has 1 aromatic heterocycles. The van der Waals surface area contributed by atoms with E-state index in [4.69, 9.17) is 4.98 Å². The highest BCUT2D eigenvalue weighted by Gasteiger charge is 2.09. The second kappa shape index (κ2) is 6.99. The molecule has 0 bridgehead atoms. The Morgan fingerprint density at radius 1 is 1.31 bits per heavy atom. The van der Waals surface area contributed by atoms with Crippen molar-refractivity contribution in [2.24, 2.45) is 0 Å². The Morgan fingerprint density at radius 2 is 2.06 bits per heavy atom. The molecule has 92 valence electrons. The molecule has 16 heavy (non-hydrogen) atoms. The Balaban J connectivity index is 2.67. The van der Waals surface area contributed by atoms with Crippen LogP contribution in [0.1, 0.15) is 28.9 Å². The fourth-order valence-electron chi connectivity index (χ4n) is 1.59. The van der Waals surface area contributed by atoms with E-state index < -0.39 is 0 Å². The van der Waals surface area contributed by atoms with Gasteiger partial charge in [0.05, 0.1) is 10.7 Å². The predicted octanol–water partition coefficient (Wildman–Crippen LogP) is 1.92. The van der Waals surface area contributed by atoms with Crippen LogP contribution in [-0.4, -0.2) is 37.6 Å². The Kier molecular flexibility index (Phi) is 5.95. The lowest BCUT2D eigenvalue weighted by atomic mass is 10.2. The Hall–Kier alpha value is -0.450. The van der Waals surface area contributed by atoms with Gasteiger partial charge in [-0.1, -0.05) is 13.3 Å². The first-order valence-electron chi connectivity index (χ1n) is 5.94. The van der Waals surface area contributed by atoms with Gasteiger partial charge in [0.15, 0.2) is 0 Å². The summed E-state index contributed by atoms with van der Waals surface area (Å²) in [5.74, 6) is 0. The number of aromatic nitrogens is 1. The van der Waals surface area contributed by atoms with Gasteiger partial charge in [-0.05, 0) is 27.6 Å². The minimum absolute atomic E-state index is 0.953. The molecule has 1 aromatic rings. The average Bonchev–Trinajstić information content (AvgIpc) is 2.59. The highest BCUT2D eigenvalue weighted by Crippen LogP contribution is 2.20. The first-order valence-corrected chi connectivity index (χ1v) is 6.75. The third-order valence-electron chi connectivity index (χ3n) is 2.42. The van der Waals surface area contributed by atoms with Gasteiger partial charge in [-0.25, -0.2) is 4.98 Å². The molecule has 0 aromatic carbocycles. The van der Waals surface area contributed by atoms with Gasteiger partial charge in [0.2, 0.25) is 0 Å². The van der Waals surface area contributed by atoms with Gasteiger partial charge >= 0.3 is 0 Å². The molecule has 0 aliphatic rings. The number of thiazole rings is 1. The Morgan fingerprint density at radius 3 is 2.62 bits per heavy atom. The lowest BCUT2D eigenvalue weighted by Gasteiger charge is -2.06. The van der Waals surface area contributed by atoms with E-state index in [1.165, 1.54) is 22.0 Å². The molecular weight excluding hydrogens is 218 g/mol. The number of rotatable bonds is 7. The summed E-state index contributed by atoms with van der Waals surface area (Å²) in [6, 6.07) is 0. The molecule has 0 spiro atoms. The van der Waals surface area contributed by atoms with Crippen molar-refractivity contribution in [3.63, 3.8) is 0 Å². The monoisotopic (exact) mass is 241 g/mol. The van der Waals surface area contributed by atoms with Crippen LogP contribution in [0.15, 0.2) is 0 Å². The van der Waals surface area contributed by atoms with Crippen molar-refractivity contribution >= 4 is 11.3 Å². The molecule has 0 aliphatic carbocycles. The number of nitrogens with one attached hydrogen (secondary N) is 1. The van der Waals surface area contributed by atoms with E-state index in [2.05, 4.69) is 31.2 Å². The molecule has 0 fully saturated rings. The zero-order valence-electron chi connectivity index (χ0n) is 10.8. The largest absolute Gasteiger partial charge is 0.315 e. The molecule has 1 heterocycles. The van der Waals surface area contributed by atoms with Gasteiger partial charge in [-0.3, -0.25) is 0 Å². The molecule has 0 aliphatic heterocycles. The second-order valence-corrected chi connectivity index (χ2v) is 5.48. The van der Waals surface area contributed by atoms with Crippen molar-refractivity contribution in [2.75, 3.05) is 27.7 Å². The molecule has 0 amide bonds. The first kappa shape index (κ1) is 13.6. The fourth-order valence-corrected chi connectivity index (χ4v) is 2.71. The van der Waals surface area contributed by atoms with Crippen LogP contribution in [0.3, 0.4) is 0 Å². The predicted molar refractivity (Wildman–Crippen MR) is 71.1 cm³/mol. The van der Waals surface area contributed by atoms with Crippen molar-refractivity contribution < 1.29 is 0 Å². The maximum absolute atomic E-state index is 4.74. The summed E-state index contributed by atoms with van der Waals surface area (Å²) in [5, 5.41) is 4.50. The van der Waals surface area contributed by atoms with Gasteiger partial charge in [0.25, 0.3) is 0 Å². The third-order valence-corrected chi connectivity index (χ3v) is 3.58. The highest BCUT2D eigenvalue weighted by molar-refractivity contribution is 7.11. The number of nitrogens with zero attached hydrogens (tertiary/aromatic N) is 2. The van der Waals surface area contributed by atoms with Crippen LogP contribution >= 0.6 is 11.3 Å². The maximum Gasteiger partial charge on any atom is 0.0944 e. The number of aryl methyl sites for hydroxylation is 1. The van der Waals surface area contributed by atoms with E-state index in [1.807, 2.05) is 18.4 Å². The fraction of sp³-hybridized carbons (Fsp3) is 0.750. The molecule has 0 unspecified atom stereocenters. The summed E-state index contributed by atoms with van der Waals surface area (Å²) >= 11 is 1.87. The Labute approximate surface area is 103 Å². The zero-order valence-corrected chi connectivity index (χ0v) is 11.7. The number of hydrogen-bond acceptors (Lipinski definition) is 4. The van der Waals surface area contributed by atoms with Gasteiger partial charge in [-0.15, -0.1) is 11.3 Å². The van der Waals surface area contributed by atoms with Crippen LogP contribution in [0.25, 0.3) is 0 Å². The van der Waals surface area contributed by atoms with Crippen LogP contribution in [0.4, 0.5) is 0 Å². The van der Waals surface area contributed by atoms with Crippen molar-refractivity contribution in [2.45, 2.75) is 32.7 Å². The molecule has 0 saturated carbocycles. The highest BCUT2D eigenvalue weighted by atomic mass is 32.1. The van der Waals surface area contributed by atoms with Crippen LogP contribution in [0, 0.1) is 0 Å². The topological polar surface area (TPSA) is 28.2 Å². The average molecular weight is 241 g/mol. The van der Waals surface area contributed by atoms with Crippen molar-refractivity contribution in [3.8, 4) is 0 Å². The summed E-state index contributed by atoms with van der Waals surface area (Å²) in [6.45, 7) is 4.25.